The topological polar surface area (TPSA) is 78.4 Å². The number of amides is 2. The largest absolute Gasteiger partial charge is 0.352 e. The lowest BCUT2D eigenvalue weighted by Crippen LogP contribution is -2.48. The Balaban J connectivity index is 1.34. The van der Waals surface area contributed by atoms with E-state index < -0.39 is 0 Å². The van der Waals surface area contributed by atoms with Crippen molar-refractivity contribution in [1.82, 2.24) is 20.2 Å². The fraction of sp³-hybridized carbons (Fsp3) is 0.500. The van der Waals surface area contributed by atoms with Crippen LogP contribution in [-0.2, 0) is 29.0 Å². The summed E-state index contributed by atoms with van der Waals surface area (Å²) in [4.78, 5) is 38.3. The number of carbonyl (C=O) groups excluding carboxylic acids is 2. The van der Waals surface area contributed by atoms with Crippen molar-refractivity contribution < 1.29 is 9.59 Å². The number of carbonyl (C=O) groups is 2. The maximum absolute atomic E-state index is 12.6. The molecule has 28 heavy (non-hydrogen) atoms. The zero-order valence-electron chi connectivity index (χ0n) is 16.1. The Hall–Kier alpha value is -2.48. The van der Waals surface area contributed by atoms with Crippen LogP contribution in [0.5, 0.6) is 0 Å². The smallest absolute Gasteiger partial charge is 0.223 e. The number of hydrogen-bond acceptors (Lipinski definition) is 6. The summed E-state index contributed by atoms with van der Waals surface area (Å²) in [5, 5.41) is 4.09. The van der Waals surface area contributed by atoms with E-state index in [0.717, 1.165) is 61.8 Å². The molecule has 2 aliphatic rings. The second-order valence-electron chi connectivity index (χ2n) is 7.37. The fourth-order valence-electron chi connectivity index (χ4n) is 3.77. The molecule has 8 heteroatoms. The van der Waals surface area contributed by atoms with E-state index in [1.807, 2.05) is 17.0 Å². The summed E-state index contributed by atoms with van der Waals surface area (Å²) in [5.74, 6) is 0.267. The minimum Gasteiger partial charge on any atom is -0.352 e. The van der Waals surface area contributed by atoms with Crippen molar-refractivity contribution in [3.8, 4) is 0 Å². The molecule has 7 nitrogen and oxygen atoms in total. The quantitative estimate of drug-likeness (QED) is 0.845. The summed E-state index contributed by atoms with van der Waals surface area (Å²) in [6.07, 6.45) is 5.94. The summed E-state index contributed by atoms with van der Waals surface area (Å²) in [6.45, 7) is 5.31. The van der Waals surface area contributed by atoms with Crippen molar-refractivity contribution in [3.63, 3.8) is 0 Å². The summed E-state index contributed by atoms with van der Waals surface area (Å²) < 4.78 is 0. The van der Waals surface area contributed by atoms with Crippen LogP contribution in [0.15, 0.2) is 24.5 Å². The molecule has 4 rings (SSSR count). The molecule has 3 heterocycles. The Morgan fingerprint density at radius 1 is 1.21 bits per heavy atom. The van der Waals surface area contributed by atoms with Crippen molar-refractivity contribution in [2.24, 2.45) is 5.92 Å². The molecule has 1 atom stereocenters. The molecule has 148 valence electrons. The molecule has 1 aliphatic heterocycles. The number of rotatable bonds is 4. The van der Waals surface area contributed by atoms with Crippen molar-refractivity contribution in [2.45, 2.75) is 32.7 Å². The van der Waals surface area contributed by atoms with E-state index in [-0.39, 0.29) is 17.7 Å². The van der Waals surface area contributed by atoms with Crippen molar-refractivity contribution >= 4 is 28.3 Å². The van der Waals surface area contributed by atoms with Gasteiger partial charge in [-0.15, -0.1) is 11.3 Å². The predicted molar refractivity (Wildman–Crippen MR) is 108 cm³/mol. The number of piperazine rings is 1. The van der Waals surface area contributed by atoms with Gasteiger partial charge >= 0.3 is 0 Å². The maximum Gasteiger partial charge on any atom is 0.223 e. The molecule has 0 spiro atoms. The van der Waals surface area contributed by atoms with Crippen LogP contribution in [0.1, 0.15) is 29.5 Å². The van der Waals surface area contributed by atoms with Gasteiger partial charge in [0.05, 0.1) is 5.69 Å². The molecule has 1 N–H and O–H groups in total. The number of pyridine rings is 1. The van der Waals surface area contributed by atoms with Gasteiger partial charge in [-0.1, -0.05) is 0 Å². The van der Waals surface area contributed by atoms with Gasteiger partial charge in [0.25, 0.3) is 0 Å². The Bertz CT molecular complexity index is 846. The highest BCUT2D eigenvalue weighted by Crippen LogP contribution is 2.34. The Labute approximate surface area is 168 Å². The zero-order valence-corrected chi connectivity index (χ0v) is 16.9. The monoisotopic (exact) mass is 399 g/mol. The molecule has 1 aliphatic carbocycles. The first-order valence-corrected chi connectivity index (χ1v) is 10.6. The average Bonchev–Trinajstić information content (AvgIpc) is 3.16. The lowest BCUT2D eigenvalue weighted by atomic mass is 9.90. The maximum atomic E-state index is 12.6. The van der Waals surface area contributed by atoms with Gasteiger partial charge in [0.1, 0.15) is 0 Å². The standard InChI is InChI=1S/C20H25N5O2S/c1-14(26)24-8-10-25(11-9-24)20-23-17-3-2-16(12-18(17)28-20)19(27)22-13-15-4-6-21-7-5-15/h4-7,16H,2-3,8-13H2,1H3,(H,22,27)/t16-/m0/s1. The Morgan fingerprint density at radius 2 is 1.96 bits per heavy atom. The molecule has 0 unspecified atom stereocenters. The zero-order chi connectivity index (χ0) is 19.5. The third kappa shape index (κ3) is 4.16. The minimum atomic E-state index is 0.0113. The molecule has 1 saturated heterocycles. The van der Waals surface area contributed by atoms with Gasteiger partial charge in [-0.25, -0.2) is 4.98 Å². The highest BCUT2D eigenvalue weighted by molar-refractivity contribution is 7.15. The van der Waals surface area contributed by atoms with E-state index in [2.05, 4.69) is 15.2 Å². The van der Waals surface area contributed by atoms with Crippen molar-refractivity contribution in [3.05, 3.63) is 40.7 Å². The van der Waals surface area contributed by atoms with Gasteiger partial charge in [-0.2, -0.15) is 0 Å². The number of fused-ring (bicyclic) bond motifs is 1. The number of aromatic nitrogens is 2. The van der Waals surface area contributed by atoms with E-state index >= 15 is 0 Å². The number of nitrogens with one attached hydrogen (secondary N) is 1. The van der Waals surface area contributed by atoms with Gasteiger partial charge in [0.15, 0.2) is 5.13 Å². The van der Waals surface area contributed by atoms with Crippen LogP contribution in [0.2, 0.25) is 0 Å². The lowest BCUT2D eigenvalue weighted by Gasteiger charge is -2.33. The van der Waals surface area contributed by atoms with E-state index in [1.165, 1.54) is 4.88 Å². The Morgan fingerprint density at radius 3 is 2.68 bits per heavy atom. The molecule has 0 aromatic carbocycles. The first kappa shape index (κ1) is 18.9. The van der Waals surface area contributed by atoms with E-state index in [1.54, 1.807) is 30.7 Å². The van der Waals surface area contributed by atoms with Crippen molar-refractivity contribution in [1.29, 1.82) is 0 Å². The van der Waals surface area contributed by atoms with Crippen LogP contribution < -0.4 is 10.2 Å². The SMILES string of the molecule is CC(=O)N1CCN(c2nc3c(s2)C[C@@H](C(=O)NCc2ccncc2)CC3)CC1. The van der Waals surface area contributed by atoms with Crippen LogP contribution in [0, 0.1) is 5.92 Å². The predicted octanol–water partition coefficient (Wildman–Crippen LogP) is 1.63. The minimum absolute atomic E-state index is 0.0113. The lowest BCUT2D eigenvalue weighted by molar-refractivity contribution is -0.129. The molecular weight excluding hydrogens is 374 g/mol. The second kappa shape index (κ2) is 8.26. The third-order valence-electron chi connectivity index (χ3n) is 5.51. The summed E-state index contributed by atoms with van der Waals surface area (Å²) in [6, 6.07) is 3.83. The molecule has 2 amide bonds. The van der Waals surface area contributed by atoms with Gasteiger partial charge in [0, 0.05) is 62.8 Å². The Kier molecular flexibility index (Phi) is 5.57. The highest BCUT2D eigenvalue weighted by Gasteiger charge is 2.29. The number of aryl methyl sites for hydroxylation is 1. The number of hydrogen-bond donors (Lipinski definition) is 1. The summed E-state index contributed by atoms with van der Waals surface area (Å²) >= 11 is 1.71. The number of nitrogens with zero attached hydrogens (tertiary/aromatic N) is 4. The van der Waals surface area contributed by atoms with Crippen LogP contribution in [0.4, 0.5) is 5.13 Å². The van der Waals surface area contributed by atoms with Crippen LogP contribution >= 0.6 is 11.3 Å². The van der Waals surface area contributed by atoms with Crippen LogP contribution in [0.25, 0.3) is 0 Å². The molecule has 1 fully saturated rings. The van der Waals surface area contributed by atoms with Crippen molar-refractivity contribution in [2.75, 3.05) is 31.1 Å². The number of thiazole rings is 1. The number of anilines is 1. The van der Waals surface area contributed by atoms with E-state index in [4.69, 9.17) is 4.98 Å². The molecule has 2 aromatic rings. The average molecular weight is 400 g/mol. The van der Waals surface area contributed by atoms with Crippen LogP contribution in [0.3, 0.4) is 0 Å². The summed E-state index contributed by atoms with van der Waals surface area (Å²) in [7, 11) is 0. The molecule has 2 aromatic heterocycles. The van der Waals surface area contributed by atoms with Gasteiger partial charge in [0.2, 0.25) is 11.8 Å². The highest BCUT2D eigenvalue weighted by atomic mass is 32.1. The third-order valence-corrected chi connectivity index (χ3v) is 6.69. The van der Waals surface area contributed by atoms with E-state index in [9.17, 15) is 9.59 Å². The second-order valence-corrected chi connectivity index (χ2v) is 8.43. The van der Waals surface area contributed by atoms with Crippen LogP contribution in [-0.4, -0.2) is 52.9 Å². The first-order valence-electron chi connectivity index (χ1n) is 9.76. The fourth-order valence-corrected chi connectivity index (χ4v) is 5.01. The normalized spacial score (nSPS) is 19.2. The van der Waals surface area contributed by atoms with Gasteiger partial charge in [-0.05, 0) is 37.0 Å². The van der Waals surface area contributed by atoms with Gasteiger partial charge < -0.3 is 15.1 Å². The molecule has 0 radical (unpaired) electrons. The molecule has 0 saturated carbocycles. The summed E-state index contributed by atoms with van der Waals surface area (Å²) in [5.41, 5.74) is 2.21. The van der Waals surface area contributed by atoms with Gasteiger partial charge in [-0.3, -0.25) is 14.6 Å². The molecular formula is C20H25N5O2S. The van der Waals surface area contributed by atoms with E-state index in [0.29, 0.717) is 6.54 Å². The molecule has 0 bridgehead atoms. The first-order chi connectivity index (χ1) is 13.6.